The molecule has 4 N–H and O–H groups in total. The number of rotatable bonds is 8. The van der Waals surface area contributed by atoms with Crippen LogP contribution in [0.1, 0.15) is 31.2 Å². The maximum atomic E-state index is 12.5. The molecule has 0 bridgehead atoms. The van der Waals surface area contributed by atoms with Crippen molar-refractivity contribution in [2.45, 2.75) is 50.2 Å². The minimum absolute atomic E-state index is 0.0149. The van der Waals surface area contributed by atoms with Gasteiger partial charge in [0.1, 0.15) is 11.9 Å². The van der Waals surface area contributed by atoms with Crippen LogP contribution in [0.2, 0.25) is 0 Å². The van der Waals surface area contributed by atoms with Gasteiger partial charge in [-0.2, -0.15) is 0 Å². The molecule has 1 aliphatic rings. The summed E-state index contributed by atoms with van der Waals surface area (Å²) in [6, 6.07) is 18.4. The van der Waals surface area contributed by atoms with E-state index in [0.29, 0.717) is 0 Å². The molecule has 0 radical (unpaired) electrons. The molecule has 8 nitrogen and oxygen atoms in total. The summed E-state index contributed by atoms with van der Waals surface area (Å²) < 4.78 is 0. The summed E-state index contributed by atoms with van der Waals surface area (Å²) >= 11 is 0. The minimum Gasteiger partial charge on any atom is -0.480 e. The summed E-state index contributed by atoms with van der Waals surface area (Å²) in [7, 11) is 4.06. The summed E-state index contributed by atoms with van der Waals surface area (Å²) in [5, 5.41) is 19.8. The van der Waals surface area contributed by atoms with Gasteiger partial charge in [0.25, 0.3) is 0 Å². The van der Waals surface area contributed by atoms with Gasteiger partial charge in [0, 0.05) is 49.7 Å². The summed E-state index contributed by atoms with van der Waals surface area (Å²) in [6.07, 6.45) is 3.66. The molecule has 1 aromatic heterocycles. The van der Waals surface area contributed by atoms with Crippen molar-refractivity contribution in [2.75, 3.05) is 24.3 Å². The quantitative estimate of drug-likeness (QED) is 0.392. The first-order valence-corrected chi connectivity index (χ1v) is 12.1. The Morgan fingerprint density at radius 2 is 1.66 bits per heavy atom. The van der Waals surface area contributed by atoms with E-state index in [0.717, 1.165) is 53.7 Å². The molecule has 1 saturated carbocycles. The topological polar surface area (TPSA) is 107 Å². The Kier molecular flexibility index (Phi) is 7.70. The number of para-hydroxylation sites is 1. The molecule has 1 aliphatic carbocycles. The smallest absolute Gasteiger partial charge is 0.326 e. The van der Waals surface area contributed by atoms with Crippen LogP contribution in [0.15, 0.2) is 60.7 Å². The summed E-state index contributed by atoms with van der Waals surface area (Å²) in [6.45, 7) is 0. The number of urea groups is 1. The van der Waals surface area contributed by atoms with E-state index >= 15 is 0 Å². The molecule has 1 atom stereocenters. The molecule has 1 heterocycles. The molecule has 35 heavy (non-hydrogen) atoms. The van der Waals surface area contributed by atoms with Crippen LogP contribution in [0, 0.1) is 0 Å². The zero-order valence-electron chi connectivity index (χ0n) is 20.2. The number of aliphatic carboxylic acids is 1. The van der Waals surface area contributed by atoms with Gasteiger partial charge in [-0.3, -0.25) is 0 Å². The molecule has 0 spiro atoms. The number of carbonyl (C=O) groups is 2. The normalized spacial score (nSPS) is 18.5. The average molecular weight is 476 g/mol. The Hall–Kier alpha value is -3.81. The number of pyridine rings is 1. The van der Waals surface area contributed by atoms with Gasteiger partial charge in [-0.05, 0) is 37.3 Å². The van der Waals surface area contributed by atoms with Crippen molar-refractivity contribution in [3.05, 3.63) is 66.2 Å². The molecule has 1 unspecified atom stereocenters. The van der Waals surface area contributed by atoms with Gasteiger partial charge in [0.15, 0.2) is 0 Å². The van der Waals surface area contributed by atoms with Gasteiger partial charge in [-0.1, -0.05) is 48.5 Å². The maximum Gasteiger partial charge on any atom is 0.326 e. The molecule has 0 saturated heterocycles. The number of hydrogen-bond donors (Lipinski definition) is 4. The number of fused-ring (bicyclic) bond motifs is 1. The highest BCUT2D eigenvalue weighted by Crippen LogP contribution is 2.29. The van der Waals surface area contributed by atoms with Crippen LogP contribution in [0.25, 0.3) is 10.9 Å². The van der Waals surface area contributed by atoms with Gasteiger partial charge in [-0.25, -0.2) is 14.6 Å². The Morgan fingerprint density at radius 3 is 2.34 bits per heavy atom. The first-order valence-electron chi connectivity index (χ1n) is 12.1. The lowest BCUT2D eigenvalue weighted by atomic mass is 9.91. The first kappa shape index (κ1) is 24.3. The number of carboxylic acids is 1. The van der Waals surface area contributed by atoms with Crippen LogP contribution < -0.4 is 20.9 Å². The lowest BCUT2D eigenvalue weighted by molar-refractivity contribution is -0.139. The number of carbonyl (C=O) groups excluding carboxylic acids is 1. The van der Waals surface area contributed by atoms with E-state index in [-0.39, 0.29) is 18.5 Å². The van der Waals surface area contributed by atoms with Crippen LogP contribution >= 0.6 is 0 Å². The van der Waals surface area contributed by atoms with Crippen molar-refractivity contribution in [1.29, 1.82) is 0 Å². The minimum atomic E-state index is -1.04. The van der Waals surface area contributed by atoms with Crippen molar-refractivity contribution >= 4 is 34.4 Å². The van der Waals surface area contributed by atoms with E-state index in [1.54, 1.807) is 0 Å². The number of carboxylic acid groups (broad SMARTS) is 1. The highest BCUT2D eigenvalue weighted by molar-refractivity contribution is 5.93. The van der Waals surface area contributed by atoms with Gasteiger partial charge >= 0.3 is 12.0 Å². The highest BCUT2D eigenvalue weighted by Gasteiger charge is 2.25. The molecule has 4 rings (SSSR count). The SMILES string of the molecule is CN(C)c1cc(NC2CCC(NC(=O)NC(Cc3ccccc3)C(=O)O)CC2)nc2ccccc12. The van der Waals surface area contributed by atoms with Crippen molar-refractivity contribution < 1.29 is 14.7 Å². The lowest BCUT2D eigenvalue weighted by Crippen LogP contribution is -2.50. The molecule has 0 aliphatic heterocycles. The van der Waals surface area contributed by atoms with Crippen molar-refractivity contribution in [2.24, 2.45) is 0 Å². The molecule has 8 heteroatoms. The van der Waals surface area contributed by atoms with Gasteiger partial charge in [-0.15, -0.1) is 0 Å². The van der Waals surface area contributed by atoms with Gasteiger partial charge in [0.2, 0.25) is 0 Å². The molecule has 2 amide bonds. The zero-order valence-corrected chi connectivity index (χ0v) is 20.2. The Balaban J connectivity index is 1.29. The van der Waals surface area contributed by atoms with E-state index in [1.807, 2.05) is 62.6 Å². The second kappa shape index (κ2) is 11.1. The maximum absolute atomic E-state index is 12.5. The number of nitrogens with zero attached hydrogens (tertiary/aromatic N) is 2. The standard InChI is InChI=1S/C27H33N5O3/c1-32(2)24-17-25(30-22-11-7-6-10-21(22)24)28-19-12-14-20(15-13-19)29-27(35)31-23(26(33)34)16-18-8-4-3-5-9-18/h3-11,17,19-20,23H,12-16H2,1-2H3,(H,28,30)(H,33,34)(H2,29,31,35). The summed E-state index contributed by atoms with van der Waals surface area (Å²) in [4.78, 5) is 31.0. The number of nitrogens with one attached hydrogen (secondary N) is 3. The number of aromatic nitrogens is 1. The Labute approximate surface area is 205 Å². The lowest BCUT2D eigenvalue weighted by Gasteiger charge is -2.30. The third-order valence-electron chi connectivity index (χ3n) is 6.48. The Bertz CT molecular complexity index is 1160. The van der Waals surface area contributed by atoms with Crippen LogP contribution in [0.5, 0.6) is 0 Å². The number of benzene rings is 2. The second-order valence-electron chi connectivity index (χ2n) is 9.33. The van der Waals surface area contributed by atoms with E-state index < -0.39 is 18.0 Å². The van der Waals surface area contributed by atoms with E-state index in [9.17, 15) is 14.7 Å². The predicted molar refractivity (Wildman–Crippen MR) is 139 cm³/mol. The molecular weight excluding hydrogens is 442 g/mol. The third-order valence-corrected chi connectivity index (χ3v) is 6.48. The van der Waals surface area contributed by atoms with E-state index in [4.69, 9.17) is 4.98 Å². The molecular formula is C27H33N5O3. The summed E-state index contributed by atoms with van der Waals surface area (Å²) in [5.74, 6) is -0.191. The van der Waals surface area contributed by atoms with Crippen LogP contribution in [-0.2, 0) is 11.2 Å². The fourth-order valence-corrected chi connectivity index (χ4v) is 4.63. The fourth-order valence-electron chi connectivity index (χ4n) is 4.63. The van der Waals surface area contributed by atoms with Crippen molar-refractivity contribution in [3.8, 4) is 0 Å². The van der Waals surface area contributed by atoms with Crippen molar-refractivity contribution in [1.82, 2.24) is 15.6 Å². The van der Waals surface area contributed by atoms with Gasteiger partial charge < -0.3 is 26.0 Å². The fraction of sp³-hybridized carbons (Fsp3) is 0.370. The largest absolute Gasteiger partial charge is 0.480 e. The second-order valence-corrected chi connectivity index (χ2v) is 9.33. The summed E-state index contributed by atoms with van der Waals surface area (Å²) in [5.41, 5.74) is 2.94. The monoisotopic (exact) mass is 475 g/mol. The number of hydrogen-bond acceptors (Lipinski definition) is 5. The third kappa shape index (κ3) is 6.41. The highest BCUT2D eigenvalue weighted by atomic mass is 16.4. The van der Waals surface area contributed by atoms with E-state index in [2.05, 4.69) is 33.0 Å². The molecule has 3 aromatic rings. The van der Waals surface area contributed by atoms with Crippen LogP contribution in [0.4, 0.5) is 16.3 Å². The molecule has 184 valence electrons. The van der Waals surface area contributed by atoms with Crippen molar-refractivity contribution in [3.63, 3.8) is 0 Å². The van der Waals surface area contributed by atoms with Gasteiger partial charge in [0.05, 0.1) is 5.52 Å². The molecule has 1 fully saturated rings. The number of amides is 2. The first-order chi connectivity index (χ1) is 16.9. The Morgan fingerprint density at radius 1 is 1.00 bits per heavy atom. The van der Waals surface area contributed by atoms with Crippen LogP contribution in [0.3, 0.4) is 0 Å². The zero-order chi connectivity index (χ0) is 24.8. The average Bonchev–Trinajstić information content (AvgIpc) is 2.85. The molecule has 2 aromatic carbocycles. The predicted octanol–water partition coefficient (Wildman–Crippen LogP) is 4.02. The van der Waals surface area contributed by atoms with E-state index in [1.165, 1.54) is 0 Å². The van der Waals surface area contributed by atoms with Crippen LogP contribution in [-0.4, -0.2) is 54.3 Å². The number of anilines is 2.